The molecule has 1 aromatic rings. The van der Waals surface area contributed by atoms with Gasteiger partial charge in [0, 0.05) is 43.2 Å². The van der Waals surface area contributed by atoms with Crippen molar-refractivity contribution in [1.82, 2.24) is 15.1 Å². The maximum Gasteiger partial charge on any atom is 0.0725 e. The first-order chi connectivity index (χ1) is 6.50. The summed E-state index contributed by atoms with van der Waals surface area (Å²) < 4.78 is 2.05. The molecule has 1 aromatic heterocycles. The van der Waals surface area contributed by atoms with Crippen LogP contribution in [0.1, 0.15) is 37.7 Å². The van der Waals surface area contributed by atoms with Crippen LogP contribution in [0.2, 0.25) is 0 Å². The molecule has 1 aliphatic heterocycles. The zero-order chi connectivity index (χ0) is 10.3. The number of fused-ring (bicyclic) bond motifs is 1. The Morgan fingerprint density at radius 3 is 2.71 bits per heavy atom. The van der Waals surface area contributed by atoms with Crippen LogP contribution in [0.25, 0.3) is 0 Å². The Labute approximate surface area is 85.5 Å². The lowest BCUT2D eigenvalue weighted by Crippen LogP contribution is -2.26. The van der Waals surface area contributed by atoms with Crippen molar-refractivity contribution in [1.29, 1.82) is 0 Å². The predicted octanol–water partition coefficient (Wildman–Crippen LogP) is 1.36. The molecule has 0 bridgehead atoms. The largest absolute Gasteiger partial charge is 0.312 e. The number of rotatable bonds is 0. The molecule has 2 heterocycles. The van der Waals surface area contributed by atoms with E-state index in [1.54, 1.807) is 0 Å². The standard InChI is InChI=1S/C11H19N3/c1-11(2,3)10-8-7-12-6-5-9(8)14(4)13-10/h12H,5-7H2,1-4H3. The summed E-state index contributed by atoms with van der Waals surface area (Å²) in [6, 6.07) is 0. The van der Waals surface area contributed by atoms with E-state index >= 15 is 0 Å². The van der Waals surface area contributed by atoms with Crippen LogP contribution in [0, 0.1) is 0 Å². The molecule has 78 valence electrons. The van der Waals surface area contributed by atoms with Gasteiger partial charge in [-0.05, 0) is 0 Å². The monoisotopic (exact) mass is 193 g/mol. The minimum atomic E-state index is 0.157. The molecule has 1 N–H and O–H groups in total. The van der Waals surface area contributed by atoms with Crippen molar-refractivity contribution in [2.45, 2.75) is 39.2 Å². The van der Waals surface area contributed by atoms with Gasteiger partial charge in [0.15, 0.2) is 0 Å². The van der Waals surface area contributed by atoms with Gasteiger partial charge in [-0.25, -0.2) is 0 Å². The van der Waals surface area contributed by atoms with Crippen LogP contribution < -0.4 is 5.32 Å². The second-order valence-corrected chi connectivity index (χ2v) is 5.07. The van der Waals surface area contributed by atoms with Crippen LogP contribution in [-0.2, 0) is 25.4 Å². The maximum absolute atomic E-state index is 4.64. The van der Waals surface area contributed by atoms with Gasteiger partial charge in [-0.3, -0.25) is 4.68 Å². The molecule has 0 amide bonds. The molecule has 2 rings (SSSR count). The highest BCUT2D eigenvalue weighted by Crippen LogP contribution is 2.28. The zero-order valence-electron chi connectivity index (χ0n) is 9.52. The minimum Gasteiger partial charge on any atom is -0.312 e. The van der Waals surface area contributed by atoms with Gasteiger partial charge in [0.25, 0.3) is 0 Å². The fraction of sp³-hybridized carbons (Fsp3) is 0.727. The van der Waals surface area contributed by atoms with Crippen LogP contribution in [-0.4, -0.2) is 16.3 Å². The maximum atomic E-state index is 4.64. The third-order valence-electron chi connectivity index (χ3n) is 2.83. The third kappa shape index (κ3) is 1.46. The van der Waals surface area contributed by atoms with Crippen LogP contribution >= 0.6 is 0 Å². The summed E-state index contributed by atoms with van der Waals surface area (Å²) in [6.07, 6.45) is 1.11. The number of hydrogen-bond acceptors (Lipinski definition) is 2. The lowest BCUT2D eigenvalue weighted by Gasteiger charge is -2.20. The summed E-state index contributed by atoms with van der Waals surface area (Å²) in [4.78, 5) is 0. The van der Waals surface area contributed by atoms with E-state index in [0.717, 1.165) is 19.5 Å². The number of aryl methyl sites for hydroxylation is 1. The van der Waals surface area contributed by atoms with Crippen molar-refractivity contribution >= 4 is 0 Å². The van der Waals surface area contributed by atoms with Gasteiger partial charge >= 0.3 is 0 Å². The van der Waals surface area contributed by atoms with E-state index in [1.165, 1.54) is 17.0 Å². The normalized spacial score (nSPS) is 16.9. The molecule has 0 aromatic carbocycles. The molecule has 0 spiro atoms. The molecule has 0 saturated heterocycles. The van der Waals surface area contributed by atoms with E-state index in [-0.39, 0.29) is 5.41 Å². The number of hydrogen-bond donors (Lipinski definition) is 1. The van der Waals surface area contributed by atoms with Gasteiger partial charge < -0.3 is 5.32 Å². The molecule has 1 aliphatic rings. The Morgan fingerprint density at radius 2 is 2.07 bits per heavy atom. The summed E-state index contributed by atoms with van der Waals surface area (Å²) in [6.45, 7) is 8.74. The van der Waals surface area contributed by atoms with Crippen LogP contribution in [0.3, 0.4) is 0 Å². The molecule has 14 heavy (non-hydrogen) atoms. The summed E-state index contributed by atoms with van der Waals surface area (Å²) in [5.74, 6) is 0. The Hall–Kier alpha value is -0.830. The summed E-state index contributed by atoms with van der Waals surface area (Å²) in [7, 11) is 2.05. The zero-order valence-corrected chi connectivity index (χ0v) is 9.52. The average Bonchev–Trinajstić information content (AvgIpc) is 2.44. The van der Waals surface area contributed by atoms with E-state index in [0.29, 0.717) is 0 Å². The van der Waals surface area contributed by atoms with Gasteiger partial charge in [-0.1, -0.05) is 20.8 Å². The summed E-state index contributed by atoms with van der Waals surface area (Å²) in [5, 5.41) is 8.05. The molecular formula is C11H19N3. The fourth-order valence-corrected chi connectivity index (χ4v) is 2.12. The second kappa shape index (κ2) is 3.09. The van der Waals surface area contributed by atoms with Crippen molar-refractivity contribution in [2.24, 2.45) is 7.05 Å². The minimum absolute atomic E-state index is 0.157. The highest BCUT2D eigenvalue weighted by Gasteiger charge is 2.26. The van der Waals surface area contributed by atoms with Gasteiger partial charge in [0.1, 0.15) is 0 Å². The Kier molecular flexibility index (Phi) is 2.14. The quantitative estimate of drug-likeness (QED) is 0.674. The summed E-state index contributed by atoms with van der Waals surface area (Å²) >= 11 is 0. The highest BCUT2D eigenvalue weighted by atomic mass is 15.3. The first-order valence-corrected chi connectivity index (χ1v) is 5.26. The SMILES string of the molecule is Cn1nc(C(C)(C)C)c2c1CCNC2. The van der Waals surface area contributed by atoms with E-state index in [2.05, 4.69) is 42.9 Å². The van der Waals surface area contributed by atoms with Crippen LogP contribution in [0.15, 0.2) is 0 Å². The Balaban J connectivity index is 2.52. The van der Waals surface area contributed by atoms with Crippen molar-refractivity contribution < 1.29 is 0 Å². The number of nitrogens with one attached hydrogen (secondary N) is 1. The van der Waals surface area contributed by atoms with Gasteiger partial charge in [-0.15, -0.1) is 0 Å². The average molecular weight is 193 g/mol. The lowest BCUT2D eigenvalue weighted by molar-refractivity contribution is 0.545. The fourth-order valence-electron chi connectivity index (χ4n) is 2.12. The van der Waals surface area contributed by atoms with Crippen LogP contribution in [0.5, 0.6) is 0 Å². The van der Waals surface area contributed by atoms with E-state index in [4.69, 9.17) is 0 Å². The topological polar surface area (TPSA) is 29.9 Å². The van der Waals surface area contributed by atoms with Crippen molar-refractivity contribution in [3.05, 3.63) is 17.0 Å². The predicted molar refractivity (Wildman–Crippen MR) is 57.3 cm³/mol. The number of nitrogens with zero attached hydrogens (tertiary/aromatic N) is 2. The highest BCUT2D eigenvalue weighted by molar-refractivity contribution is 5.32. The molecule has 0 atom stereocenters. The first kappa shape index (κ1) is 9.71. The summed E-state index contributed by atoms with van der Waals surface area (Å²) in [5.41, 5.74) is 4.24. The van der Waals surface area contributed by atoms with E-state index in [1.807, 2.05) is 0 Å². The molecule has 3 heteroatoms. The molecule has 0 fully saturated rings. The third-order valence-corrected chi connectivity index (χ3v) is 2.83. The Bertz CT molecular complexity index is 344. The molecule has 0 radical (unpaired) electrons. The molecule has 3 nitrogen and oxygen atoms in total. The smallest absolute Gasteiger partial charge is 0.0725 e. The van der Waals surface area contributed by atoms with Gasteiger partial charge in [0.05, 0.1) is 5.69 Å². The molecule has 0 saturated carbocycles. The molecule has 0 unspecified atom stereocenters. The van der Waals surface area contributed by atoms with Crippen molar-refractivity contribution in [3.63, 3.8) is 0 Å². The van der Waals surface area contributed by atoms with E-state index < -0.39 is 0 Å². The Morgan fingerprint density at radius 1 is 1.36 bits per heavy atom. The molecular weight excluding hydrogens is 174 g/mol. The first-order valence-electron chi connectivity index (χ1n) is 5.26. The number of aromatic nitrogens is 2. The van der Waals surface area contributed by atoms with Gasteiger partial charge in [-0.2, -0.15) is 5.10 Å². The van der Waals surface area contributed by atoms with E-state index in [9.17, 15) is 0 Å². The van der Waals surface area contributed by atoms with Crippen molar-refractivity contribution in [2.75, 3.05) is 6.54 Å². The second-order valence-electron chi connectivity index (χ2n) is 5.07. The van der Waals surface area contributed by atoms with Gasteiger partial charge in [0.2, 0.25) is 0 Å². The molecule has 0 aliphatic carbocycles. The van der Waals surface area contributed by atoms with Crippen molar-refractivity contribution in [3.8, 4) is 0 Å². The van der Waals surface area contributed by atoms with Crippen LogP contribution in [0.4, 0.5) is 0 Å². The lowest BCUT2D eigenvalue weighted by atomic mass is 9.88.